The monoisotopic (exact) mass is 138 g/mol. The van der Waals surface area contributed by atoms with Crippen LogP contribution in [0.1, 0.15) is 20.8 Å². The molecule has 0 bridgehead atoms. The highest BCUT2D eigenvalue weighted by Crippen LogP contribution is 2.06. The Labute approximate surface area is 65.1 Å². The second-order valence-electron chi connectivity index (χ2n) is 3.00. The minimum absolute atomic E-state index is 0.405. The molecule has 1 N–H and O–H groups in total. The van der Waals surface area contributed by atoms with Crippen LogP contribution in [0.5, 0.6) is 0 Å². The standard InChI is InChI=1S/C8H17BN/c1-6(2)9-7(3)8(4)10-5/h6,8,10H,3H2,1-2,4-5H3. The molecule has 0 spiro atoms. The van der Waals surface area contributed by atoms with Gasteiger partial charge >= 0.3 is 0 Å². The lowest BCUT2D eigenvalue weighted by molar-refractivity contribution is 0.716. The summed E-state index contributed by atoms with van der Waals surface area (Å²) in [6.45, 7) is 10.4. The van der Waals surface area contributed by atoms with Crippen LogP contribution >= 0.6 is 0 Å². The Hall–Kier alpha value is -0.235. The fraction of sp³-hybridized carbons (Fsp3) is 0.750. The van der Waals surface area contributed by atoms with Crippen molar-refractivity contribution < 1.29 is 0 Å². The van der Waals surface area contributed by atoms with Gasteiger partial charge in [0, 0.05) is 6.04 Å². The largest absolute Gasteiger partial charge is 0.314 e. The van der Waals surface area contributed by atoms with E-state index in [2.05, 4.69) is 39.9 Å². The first kappa shape index (κ1) is 9.76. The van der Waals surface area contributed by atoms with Crippen molar-refractivity contribution in [3.8, 4) is 0 Å². The number of likely N-dealkylation sites (N-methyl/N-ethyl adjacent to an activating group) is 1. The topological polar surface area (TPSA) is 12.0 Å². The highest BCUT2D eigenvalue weighted by molar-refractivity contribution is 6.47. The number of hydrogen-bond acceptors (Lipinski definition) is 1. The van der Waals surface area contributed by atoms with Crippen LogP contribution < -0.4 is 5.32 Å². The molecular formula is C8H17BN. The van der Waals surface area contributed by atoms with Crippen molar-refractivity contribution in [2.45, 2.75) is 32.6 Å². The Morgan fingerprint density at radius 2 is 1.90 bits per heavy atom. The third-order valence-electron chi connectivity index (χ3n) is 1.54. The van der Waals surface area contributed by atoms with Crippen molar-refractivity contribution >= 4 is 7.28 Å². The zero-order valence-electron chi connectivity index (χ0n) is 7.44. The van der Waals surface area contributed by atoms with E-state index in [1.807, 2.05) is 7.05 Å². The fourth-order valence-electron chi connectivity index (χ4n) is 0.758. The number of hydrogen-bond donors (Lipinski definition) is 1. The maximum atomic E-state index is 3.95. The van der Waals surface area contributed by atoms with E-state index >= 15 is 0 Å². The molecule has 1 atom stereocenters. The van der Waals surface area contributed by atoms with E-state index < -0.39 is 0 Å². The summed E-state index contributed by atoms with van der Waals surface area (Å²) < 4.78 is 0. The summed E-state index contributed by atoms with van der Waals surface area (Å²) in [5.41, 5.74) is 1.18. The minimum Gasteiger partial charge on any atom is -0.314 e. The van der Waals surface area contributed by atoms with Crippen molar-refractivity contribution in [1.29, 1.82) is 0 Å². The third kappa shape index (κ3) is 3.73. The molecule has 0 aliphatic rings. The molecule has 1 nitrogen and oxygen atoms in total. The van der Waals surface area contributed by atoms with Crippen molar-refractivity contribution in [1.82, 2.24) is 5.32 Å². The number of rotatable bonds is 4. The van der Waals surface area contributed by atoms with Crippen molar-refractivity contribution in [3.63, 3.8) is 0 Å². The van der Waals surface area contributed by atoms with Crippen LogP contribution in [-0.2, 0) is 0 Å². The number of nitrogens with one attached hydrogen (secondary N) is 1. The summed E-state index contributed by atoms with van der Waals surface area (Å²) >= 11 is 0. The van der Waals surface area contributed by atoms with Gasteiger partial charge in [-0.25, -0.2) is 0 Å². The molecule has 0 saturated heterocycles. The van der Waals surface area contributed by atoms with E-state index in [1.165, 1.54) is 5.47 Å². The Morgan fingerprint density at radius 3 is 2.20 bits per heavy atom. The van der Waals surface area contributed by atoms with Crippen LogP contribution in [0.2, 0.25) is 5.82 Å². The van der Waals surface area contributed by atoms with E-state index in [9.17, 15) is 0 Å². The smallest absolute Gasteiger partial charge is 0.150 e. The van der Waals surface area contributed by atoms with Gasteiger partial charge in [-0.3, -0.25) is 0 Å². The van der Waals surface area contributed by atoms with E-state index in [4.69, 9.17) is 0 Å². The Kier molecular flexibility index (Phi) is 4.45. The SMILES string of the molecule is C=C([B]C(C)C)C(C)NC. The zero-order valence-corrected chi connectivity index (χ0v) is 7.44. The maximum absolute atomic E-state index is 3.95. The van der Waals surface area contributed by atoms with Gasteiger partial charge in [-0.05, 0) is 14.0 Å². The highest BCUT2D eigenvalue weighted by atomic mass is 14.8. The lowest BCUT2D eigenvalue weighted by Gasteiger charge is -2.14. The normalized spacial score (nSPS) is 13.3. The van der Waals surface area contributed by atoms with E-state index in [-0.39, 0.29) is 0 Å². The van der Waals surface area contributed by atoms with Gasteiger partial charge < -0.3 is 5.32 Å². The molecule has 0 heterocycles. The molecule has 2 heteroatoms. The van der Waals surface area contributed by atoms with Crippen molar-refractivity contribution in [2.24, 2.45) is 0 Å². The quantitative estimate of drug-likeness (QED) is 0.582. The minimum atomic E-state index is 0.405. The summed E-state index contributed by atoms with van der Waals surface area (Å²) in [6, 6.07) is 0.405. The molecule has 0 amide bonds. The molecule has 0 rings (SSSR count). The predicted molar refractivity (Wildman–Crippen MR) is 48.5 cm³/mol. The van der Waals surface area contributed by atoms with Crippen LogP contribution in [0.4, 0.5) is 0 Å². The van der Waals surface area contributed by atoms with Gasteiger partial charge in [-0.2, -0.15) is 0 Å². The third-order valence-corrected chi connectivity index (χ3v) is 1.54. The highest BCUT2D eigenvalue weighted by Gasteiger charge is 2.06. The van der Waals surface area contributed by atoms with Gasteiger partial charge in [0.1, 0.15) is 7.28 Å². The summed E-state index contributed by atoms with van der Waals surface area (Å²) in [4.78, 5) is 0. The second kappa shape index (κ2) is 4.56. The molecule has 0 saturated carbocycles. The molecule has 0 aliphatic carbocycles. The lowest BCUT2D eigenvalue weighted by Crippen LogP contribution is -2.26. The molecule has 0 aliphatic heterocycles. The molecule has 0 aromatic rings. The second-order valence-corrected chi connectivity index (χ2v) is 3.00. The van der Waals surface area contributed by atoms with Gasteiger partial charge in [0.05, 0.1) is 0 Å². The zero-order chi connectivity index (χ0) is 8.15. The molecule has 57 valence electrons. The van der Waals surface area contributed by atoms with Crippen LogP contribution in [-0.4, -0.2) is 20.4 Å². The summed E-state index contributed by atoms with van der Waals surface area (Å²) in [5.74, 6) is 0.600. The van der Waals surface area contributed by atoms with Gasteiger partial charge in [0.2, 0.25) is 0 Å². The van der Waals surface area contributed by atoms with Gasteiger partial charge in [-0.1, -0.05) is 25.1 Å². The van der Waals surface area contributed by atoms with Crippen LogP contribution in [0.3, 0.4) is 0 Å². The summed E-state index contributed by atoms with van der Waals surface area (Å²) in [6.07, 6.45) is 0. The van der Waals surface area contributed by atoms with E-state index in [0.717, 1.165) is 0 Å². The van der Waals surface area contributed by atoms with Crippen LogP contribution in [0.25, 0.3) is 0 Å². The average Bonchev–Trinajstić information content (AvgIpc) is 1.85. The first-order valence-electron chi connectivity index (χ1n) is 3.78. The van der Waals surface area contributed by atoms with Gasteiger partial charge in [-0.15, -0.1) is 6.58 Å². The van der Waals surface area contributed by atoms with Crippen molar-refractivity contribution in [3.05, 3.63) is 12.1 Å². The summed E-state index contributed by atoms with van der Waals surface area (Å²) in [7, 11) is 4.13. The summed E-state index contributed by atoms with van der Waals surface area (Å²) in [5, 5.41) is 3.14. The molecular weight excluding hydrogens is 121 g/mol. The molecule has 1 radical (unpaired) electrons. The molecule has 0 fully saturated rings. The van der Waals surface area contributed by atoms with E-state index in [1.54, 1.807) is 0 Å². The Bertz CT molecular complexity index is 110. The van der Waals surface area contributed by atoms with E-state index in [0.29, 0.717) is 11.9 Å². The molecule has 10 heavy (non-hydrogen) atoms. The van der Waals surface area contributed by atoms with Gasteiger partial charge in [0.15, 0.2) is 0 Å². The predicted octanol–water partition coefficient (Wildman–Crippen LogP) is 1.64. The van der Waals surface area contributed by atoms with Gasteiger partial charge in [0.25, 0.3) is 0 Å². The average molecular weight is 138 g/mol. The van der Waals surface area contributed by atoms with Crippen molar-refractivity contribution in [2.75, 3.05) is 7.05 Å². The Morgan fingerprint density at radius 1 is 1.40 bits per heavy atom. The molecule has 0 aromatic heterocycles. The Balaban J connectivity index is 3.62. The van der Waals surface area contributed by atoms with Crippen LogP contribution in [0.15, 0.2) is 12.1 Å². The fourth-order valence-corrected chi connectivity index (χ4v) is 0.758. The maximum Gasteiger partial charge on any atom is 0.150 e. The molecule has 0 aromatic carbocycles. The van der Waals surface area contributed by atoms with Crippen LogP contribution in [0, 0.1) is 0 Å². The molecule has 1 unspecified atom stereocenters. The lowest BCUT2D eigenvalue weighted by atomic mass is 9.58. The first-order chi connectivity index (χ1) is 4.57. The first-order valence-corrected chi connectivity index (χ1v) is 3.78.